The van der Waals surface area contributed by atoms with Crippen molar-refractivity contribution in [1.29, 1.82) is 0 Å². The third kappa shape index (κ3) is 1.77. The van der Waals surface area contributed by atoms with Crippen LogP contribution in [0, 0.1) is 28.6 Å². The van der Waals surface area contributed by atoms with Crippen LogP contribution in [0.3, 0.4) is 0 Å². The molecule has 0 aromatic carbocycles. The lowest BCUT2D eigenvalue weighted by molar-refractivity contribution is -0.150. The third-order valence-corrected chi connectivity index (χ3v) is 7.34. The number of piperidine rings is 1. The Labute approximate surface area is 137 Å². The van der Waals surface area contributed by atoms with Gasteiger partial charge in [0.2, 0.25) is 11.8 Å². The molecule has 2 saturated heterocycles. The van der Waals surface area contributed by atoms with Crippen molar-refractivity contribution in [3.05, 3.63) is 11.8 Å². The smallest absolute Gasteiger partial charge is 0.226 e. The molecule has 2 N–H and O–H groups in total. The Morgan fingerprint density at radius 2 is 2.04 bits per heavy atom. The van der Waals surface area contributed by atoms with Crippen molar-refractivity contribution < 1.29 is 14.7 Å². The van der Waals surface area contributed by atoms with Gasteiger partial charge in [-0.3, -0.25) is 9.59 Å². The molecule has 23 heavy (non-hydrogen) atoms. The van der Waals surface area contributed by atoms with Gasteiger partial charge >= 0.3 is 0 Å². The Balaban J connectivity index is 1.78. The summed E-state index contributed by atoms with van der Waals surface area (Å²) in [7, 11) is 1.85. The summed E-state index contributed by atoms with van der Waals surface area (Å²) in [6, 6.07) is 0. The number of fused-ring (bicyclic) bond motifs is 5. The van der Waals surface area contributed by atoms with Crippen molar-refractivity contribution in [2.24, 2.45) is 28.6 Å². The highest BCUT2D eigenvalue weighted by Crippen LogP contribution is 2.61. The lowest BCUT2D eigenvalue weighted by Gasteiger charge is -2.58. The van der Waals surface area contributed by atoms with E-state index >= 15 is 0 Å². The third-order valence-electron chi connectivity index (χ3n) is 7.34. The van der Waals surface area contributed by atoms with Crippen LogP contribution in [0.1, 0.15) is 39.5 Å². The van der Waals surface area contributed by atoms with Gasteiger partial charge in [-0.15, -0.1) is 0 Å². The number of carbonyl (C=O) groups excluding carboxylic acids is 2. The second-order valence-corrected chi connectivity index (χ2v) is 8.39. The molecule has 4 aliphatic rings. The van der Waals surface area contributed by atoms with Crippen molar-refractivity contribution in [3.8, 4) is 0 Å². The van der Waals surface area contributed by atoms with Crippen LogP contribution in [0.15, 0.2) is 11.8 Å². The van der Waals surface area contributed by atoms with Crippen LogP contribution in [0.2, 0.25) is 0 Å². The van der Waals surface area contributed by atoms with E-state index in [2.05, 4.69) is 18.3 Å². The van der Waals surface area contributed by atoms with Gasteiger partial charge in [-0.25, -0.2) is 0 Å². The quantitative estimate of drug-likeness (QED) is 0.707. The summed E-state index contributed by atoms with van der Waals surface area (Å²) in [6.07, 6.45) is 4.43. The number of nitrogens with one attached hydrogen (secondary N) is 1. The molecule has 126 valence electrons. The van der Waals surface area contributed by atoms with Crippen molar-refractivity contribution in [2.45, 2.75) is 45.6 Å². The van der Waals surface area contributed by atoms with E-state index in [1.54, 1.807) is 4.90 Å². The zero-order valence-corrected chi connectivity index (χ0v) is 14.1. The maximum Gasteiger partial charge on any atom is 0.226 e. The highest BCUT2D eigenvalue weighted by Gasteiger charge is 2.62. The van der Waals surface area contributed by atoms with Crippen LogP contribution >= 0.6 is 0 Å². The fraction of sp³-hybridized carbons (Fsp3) is 0.778. The Morgan fingerprint density at radius 3 is 2.78 bits per heavy atom. The molecule has 4 rings (SSSR count). The number of aliphatic hydroxyl groups is 1. The van der Waals surface area contributed by atoms with E-state index in [1.165, 1.54) is 0 Å². The molecule has 3 unspecified atom stereocenters. The largest absolute Gasteiger partial charge is 0.393 e. The molecule has 3 fully saturated rings. The zero-order valence-electron chi connectivity index (χ0n) is 14.1. The highest BCUT2D eigenvalue weighted by molar-refractivity contribution is 5.85. The van der Waals surface area contributed by atoms with Crippen LogP contribution < -0.4 is 5.32 Å². The fourth-order valence-corrected chi connectivity index (χ4v) is 6.11. The van der Waals surface area contributed by atoms with Crippen LogP contribution in [-0.2, 0) is 9.59 Å². The number of amides is 2. The Hall–Kier alpha value is -1.36. The lowest BCUT2D eigenvalue weighted by Crippen LogP contribution is -2.58. The molecular formula is C18H26N2O3. The first-order chi connectivity index (χ1) is 10.8. The van der Waals surface area contributed by atoms with Crippen LogP contribution in [0.25, 0.3) is 0 Å². The van der Waals surface area contributed by atoms with Crippen molar-refractivity contribution in [2.75, 3.05) is 13.6 Å². The maximum absolute atomic E-state index is 12.3. The first-order valence-electron chi connectivity index (χ1n) is 8.72. The SMILES string of the molecule is CN1C(=O)CC[C@@]2(C)C1=CCC1C2[C@@H](O)C[C@]2(C)C(=O)NCC12. The van der Waals surface area contributed by atoms with E-state index in [0.29, 0.717) is 18.8 Å². The number of likely N-dealkylation sites (tertiary alicyclic amines) is 1. The maximum atomic E-state index is 12.3. The number of rotatable bonds is 0. The number of aliphatic hydroxyl groups excluding tert-OH is 1. The van der Waals surface area contributed by atoms with E-state index < -0.39 is 11.5 Å². The summed E-state index contributed by atoms with van der Waals surface area (Å²) in [6.45, 7) is 4.93. The molecular weight excluding hydrogens is 292 g/mol. The van der Waals surface area contributed by atoms with Gasteiger partial charge in [-0.2, -0.15) is 0 Å². The predicted octanol–water partition coefficient (Wildman–Crippen LogP) is 1.28. The van der Waals surface area contributed by atoms with Gasteiger partial charge < -0.3 is 15.3 Å². The number of nitrogens with zero attached hydrogens (tertiary/aromatic N) is 1. The van der Waals surface area contributed by atoms with E-state index in [0.717, 1.165) is 25.1 Å². The lowest BCUT2D eigenvalue weighted by atomic mass is 9.49. The molecule has 1 saturated carbocycles. The minimum absolute atomic E-state index is 0.0934. The van der Waals surface area contributed by atoms with Gasteiger partial charge in [-0.1, -0.05) is 19.9 Å². The minimum Gasteiger partial charge on any atom is -0.393 e. The first kappa shape index (κ1) is 15.2. The molecule has 2 heterocycles. The van der Waals surface area contributed by atoms with Crippen molar-refractivity contribution >= 4 is 11.8 Å². The molecule has 0 aromatic rings. The van der Waals surface area contributed by atoms with Crippen LogP contribution in [0.4, 0.5) is 0 Å². The average molecular weight is 318 g/mol. The highest BCUT2D eigenvalue weighted by atomic mass is 16.3. The Kier molecular flexibility index (Phi) is 3.03. The van der Waals surface area contributed by atoms with Gasteiger partial charge in [0.25, 0.3) is 0 Å². The van der Waals surface area contributed by atoms with Crippen molar-refractivity contribution in [1.82, 2.24) is 10.2 Å². The van der Waals surface area contributed by atoms with Crippen LogP contribution in [-0.4, -0.2) is 41.5 Å². The number of hydrogen-bond acceptors (Lipinski definition) is 3. The molecule has 2 aliphatic carbocycles. The average Bonchev–Trinajstić information content (AvgIpc) is 2.78. The topological polar surface area (TPSA) is 69.6 Å². The van der Waals surface area contributed by atoms with E-state index in [-0.39, 0.29) is 29.1 Å². The Morgan fingerprint density at radius 1 is 1.30 bits per heavy atom. The summed E-state index contributed by atoms with van der Waals surface area (Å²) in [4.78, 5) is 26.2. The second-order valence-electron chi connectivity index (χ2n) is 8.39. The van der Waals surface area contributed by atoms with Crippen molar-refractivity contribution in [3.63, 3.8) is 0 Å². The standard InChI is InChI=1S/C18H26N2O3/c1-17-7-6-14(22)20(3)13(17)5-4-10-11-9-19-16(23)18(11,2)8-12(21)15(10)17/h5,10-12,15,21H,4,6-9H2,1-3H3,(H,19,23)/t10?,11?,12-,15?,17-,18-/m0/s1. The summed E-state index contributed by atoms with van der Waals surface area (Å²) in [5, 5.41) is 14.0. The van der Waals surface area contributed by atoms with Gasteiger partial charge in [0.15, 0.2) is 0 Å². The predicted molar refractivity (Wildman–Crippen MR) is 85.0 cm³/mol. The molecule has 0 spiro atoms. The van der Waals surface area contributed by atoms with E-state index in [1.807, 2.05) is 14.0 Å². The molecule has 5 nitrogen and oxygen atoms in total. The van der Waals surface area contributed by atoms with E-state index in [4.69, 9.17) is 0 Å². The molecule has 0 aromatic heterocycles. The monoisotopic (exact) mass is 318 g/mol. The number of allylic oxidation sites excluding steroid dienone is 2. The summed E-state index contributed by atoms with van der Waals surface area (Å²) < 4.78 is 0. The van der Waals surface area contributed by atoms with Gasteiger partial charge in [-0.05, 0) is 37.0 Å². The number of hydrogen-bond donors (Lipinski definition) is 2. The molecule has 5 heteroatoms. The minimum atomic E-state index is -0.486. The van der Waals surface area contributed by atoms with Gasteiger partial charge in [0.05, 0.1) is 11.5 Å². The molecule has 0 bridgehead atoms. The normalized spacial score (nSPS) is 49.0. The summed E-state index contributed by atoms with van der Waals surface area (Å²) in [5.74, 6) is 0.971. The zero-order chi connectivity index (χ0) is 16.6. The van der Waals surface area contributed by atoms with Gasteiger partial charge in [0.1, 0.15) is 0 Å². The second kappa shape index (κ2) is 4.59. The van der Waals surface area contributed by atoms with Crippen LogP contribution in [0.5, 0.6) is 0 Å². The molecule has 6 atom stereocenters. The first-order valence-corrected chi connectivity index (χ1v) is 8.72. The van der Waals surface area contributed by atoms with Gasteiger partial charge in [0, 0.05) is 31.1 Å². The summed E-state index contributed by atoms with van der Waals surface area (Å²) in [5.41, 5.74) is 0.464. The van der Waals surface area contributed by atoms with E-state index in [9.17, 15) is 14.7 Å². The molecule has 2 aliphatic heterocycles. The Bertz CT molecular complexity index is 615. The summed E-state index contributed by atoms with van der Waals surface area (Å²) >= 11 is 0. The molecule has 2 amide bonds. The fourth-order valence-electron chi connectivity index (χ4n) is 6.11. The number of carbonyl (C=O) groups is 2. The molecule has 0 radical (unpaired) electrons.